The van der Waals surface area contributed by atoms with Crippen molar-refractivity contribution in [3.8, 4) is 5.75 Å². The fourth-order valence-corrected chi connectivity index (χ4v) is 4.02. The van der Waals surface area contributed by atoms with Crippen molar-refractivity contribution in [2.24, 2.45) is 5.41 Å². The van der Waals surface area contributed by atoms with Crippen molar-refractivity contribution in [3.63, 3.8) is 0 Å². The third-order valence-corrected chi connectivity index (χ3v) is 5.58. The highest BCUT2D eigenvalue weighted by atomic mass is 35.5. The summed E-state index contributed by atoms with van der Waals surface area (Å²) < 4.78 is 0. The Kier molecular flexibility index (Phi) is 6.00. The minimum Gasteiger partial charge on any atom is -0.506 e. The first-order chi connectivity index (χ1) is 12.1. The first kappa shape index (κ1) is 18.2. The number of aliphatic hydroxyl groups is 1. The van der Waals surface area contributed by atoms with Gasteiger partial charge in [-0.3, -0.25) is 4.90 Å². The van der Waals surface area contributed by atoms with Gasteiger partial charge < -0.3 is 10.2 Å². The molecule has 4 heteroatoms. The molecule has 1 fully saturated rings. The highest BCUT2D eigenvalue weighted by Gasteiger charge is 2.34. The maximum absolute atomic E-state index is 10.1. The lowest BCUT2D eigenvalue weighted by Gasteiger charge is -2.42. The van der Waals surface area contributed by atoms with Crippen LogP contribution in [0.5, 0.6) is 5.75 Å². The standard InChI is InChI=1S/C21H26ClNO2/c22-19-13-18(7-8-20(19)25)14-23-12-4-10-21(15-23,16-24)11-9-17-5-2-1-3-6-17/h1-3,5-8,13,24-25H,4,9-12,14-16H2/t21-/m1/s1. The molecule has 0 radical (unpaired) electrons. The zero-order valence-electron chi connectivity index (χ0n) is 14.5. The number of piperidine rings is 1. The fourth-order valence-electron chi connectivity index (χ4n) is 3.82. The van der Waals surface area contributed by atoms with Gasteiger partial charge in [0.25, 0.3) is 0 Å². The molecule has 2 N–H and O–H groups in total. The van der Waals surface area contributed by atoms with Crippen molar-refractivity contribution in [3.05, 3.63) is 64.7 Å². The summed E-state index contributed by atoms with van der Waals surface area (Å²) in [5, 5.41) is 20.1. The summed E-state index contributed by atoms with van der Waals surface area (Å²) in [4.78, 5) is 2.40. The van der Waals surface area contributed by atoms with Crippen LogP contribution in [0.15, 0.2) is 48.5 Å². The van der Waals surface area contributed by atoms with Crippen LogP contribution < -0.4 is 0 Å². The van der Waals surface area contributed by atoms with Crippen molar-refractivity contribution in [2.75, 3.05) is 19.7 Å². The molecule has 3 rings (SSSR count). The second-order valence-electron chi connectivity index (χ2n) is 7.24. The van der Waals surface area contributed by atoms with Gasteiger partial charge in [0, 0.05) is 25.1 Å². The Labute approximate surface area is 154 Å². The van der Waals surface area contributed by atoms with E-state index >= 15 is 0 Å². The van der Waals surface area contributed by atoms with Crippen molar-refractivity contribution in [2.45, 2.75) is 32.2 Å². The van der Waals surface area contributed by atoms with Crippen molar-refractivity contribution >= 4 is 11.6 Å². The maximum atomic E-state index is 10.1. The molecule has 3 nitrogen and oxygen atoms in total. The van der Waals surface area contributed by atoms with Crippen molar-refractivity contribution in [1.82, 2.24) is 4.90 Å². The average molecular weight is 360 g/mol. The van der Waals surface area contributed by atoms with Gasteiger partial charge in [0.1, 0.15) is 5.75 Å². The van der Waals surface area contributed by atoms with Crippen LogP contribution in [-0.4, -0.2) is 34.8 Å². The molecule has 134 valence electrons. The molecule has 0 saturated carbocycles. The van der Waals surface area contributed by atoms with E-state index in [1.807, 2.05) is 18.2 Å². The molecule has 25 heavy (non-hydrogen) atoms. The number of hydrogen-bond acceptors (Lipinski definition) is 3. The van der Waals surface area contributed by atoms with Crippen LogP contribution in [0.1, 0.15) is 30.4 Å². The van der Waals surface area contributed by atoms with Gasteiger partial charge in [-0.25, -0.2) is 0 Å². The van der Waals surface area contributed by atoms with E-state index in [4.69, 9.17) is 11.6 Å². The van der Waals surface area contributed by atoms with Gasteiger partial charge in [-0.05, 0) is 55.5 Å². The van der Waals surface area contributed by atoms with Gasteiger partial charge >= 0.3 is 0 Å². The molecule has 2 aromatic carbocycles. The van der Waals surface area contributed by atoms with E-state index in [0.29, 0.717) is 5.02 Å². The molecule has 1 aliphatic rings. The molecule has 1 saturated heterocycles. The molecular formula is C21H26ClNO2. The summed E-state index contributed by atoms with van der Waals surface area (Å²) in [5.41, 5.74) is 2.40. The Morgan fingerprint density at radius 2 is 1.88 bits per heavy atom. The maximum Gasteiger partial charge on any atom is 0.134 e. The third kappa shape index (κ3) is 4.75. The number of likely N-dealkylation sites (tertiary alicyclic amines) is 1. The lowest BCUT2D eigenvalue weighted by Crippen LogP contribution is -2.45. The number of aromatic hydroxyl groups is 1. The smallest absolute Gasteiger partial charge is 0.134 e. The molecular weight excluding hydrogens is 334 g/mol. The molecule has 0 aliphatic carbocycles. The largest absolute Gasteiger partial charge is 0.506 e. The predicted molar refractivity (Wildman–Crippen MR) is 102 cm³/mol. The molecule has 0 bridgehead atoms. The molecule has 0 aromatic heterocycles. The van der Waals surface area contributed by atoms with Gasteiger partial charge in [0.05, 0.1) is 5.02 Å². The number of aryl methyl sites for hydroxylation is 1. The van der Waals surface area contributed by atoms with Gasteiger partial charge in [-0.2, -0.15) is 0 Å². The van der Waals surface area contributed by atoms with E-state index in [2.05, 4.69) is 29.2 Å². The predicted octanol–water partition coefficient (Wildman–Crippen LogP) is 4.25. The Balaban J connectivity index is 1.64. The quantitative estimate of drug-likeness (QED) is 0.810. The number of halogens is 1. The van der Waals surface area contributed by atoms with E-state index < -0.39 is 0 Å². The number of benzene rings is 2. The molecule has 2 aromatic rings. The highest BCUT2D eigenvalue weighted by molar-refractivity contribution is 6.32. The van der Waals surface area contributed by atoms with Crippen LogP contribution >= 0.6 is 11.6 Å². The Morgan fingerprint density at radius 1 is 1.08 bits per heavy atom. The van der Waals surface area contributed by atoms with Crippen LogP contribution in [0, 0.1) is 5.41 Å². The average Bonchev–Trinajstić information content (AvgIpc) is 2.64. The molecule has 0 unspecified atom stereocenters. The first-order valence-corrected chi connectivity index (χ1v) is 9.33. The van der Waals surface area contributed by atoms with Crippen molar-refractivity contribution in [1.29, 1.82) is 0 Å². The molecule has 1 atom stereocenters. The summed E-state index contributed by atoms with van der Waals surface area (Å²) in [6.45, 7) is 2.96. The van der Waals surface area contributed by atoms with E-state index in [-0.39, 0.29) is 17.8 Å². The number of phenolic OH excluding ortho intramolecular Hbond substituents is 1. The lowest BCUT2D eigenvalue weighted by molar-refractivity contribution is 0.0224. The van der Waals surface area contributed by atoms with Gasteiger partial charge in [-0.1, -0.05) is 48.0 Å². The monoisotopic (exact) mass is 359 g/mol. The van der Waals surface area contributed by atoms with E-state index in [1.165, 1.54) is 5.56 Å². The second-order valence-corrected chi connectivity index (χ2v) is 7.65. The SMILES string of the molecule is OC[C@@]1(CCc2ccccc2)CCCN(Cc2ccc(O)c(Cl)c2)C1. The fraction of sp³-hybridized carbons (Fsp3) is 0.429. The Hall–Kier alpha value is -1.55. The van der Waals surface area contributed by atoms with Gasteiger partial charge in [0.2, 0.25) is 0 Å². The van der Waals surface area contributed by atoms with Crippen LogP contribution in [0.3, 0.4) is 0 Å². The third-order valence-electron chi connectivity index (χ3n) is 5.28. The topological polar surface area (TPSA) is 43.7 Å². The number of rotatable bonds is 6. The van der Waals surface area contributed by atoms with Crippen LogP contribution in [-0.2, 0) is 13.0 Å². The van der Waals surface area contributed by atoms with E-state index in [0.717, 1.165) is 50.9 Å². The molecule has 1 heterocycles. The Morgan fingerprint density at radius 3 is 2.60 bits per heavy atom. The lowest BCUT2D eigenvalue weighted by atomic mass is 9.76. The zero-order chi connectivity index (χ0) is 17.7. The summed E-state index contributed by atoms with van der Waals surface area (Å²) in [6.07, 6.45) is 4.17. The minimum absolute atomic E-state index is 0.0329. The first-order valence-electron chi connectivity index (χ1n) is 8.95. The second kappa shape index (κ2) is 8.22. The Bertz CT molecular complexity index is 692. The molecule has 0 spiro atoms. The summed E-state index contributed by atoms with van der Waals surface area (Å²) in [7, 11) is 0. The number of aliphatic hydroxyl groups excluding tert-OH is 1. The summed E-state index contributed by atoms with van der Waals surface area (Å²) in [6, 6.07) is 15.9. The summed E-state index contributed by atoms with van der Waals surface area (Å²) in [5.74, 6) is 0.122. The highest BCUT2D eigenvalue weighted by Crippen LogP contribution is 2.35. The number of hydrogen-bond donors (Lipinski definition) is 2. The summed E-state index contributed by atoms with van der Waals surface area (Å²) >= 11 is 6.02. The molecule has 0 amide bonds. The van der Waals surface area contributed by atoms with Crippen LogP contribution in [0.4, 0.5) is 0 Å². The minimum atomic E-state index is -0.0329. The number of nitrogens with zero attached hydrogens (tertiary/aromatic N) is 1. The van der Waals surface area contributed by atoms with Gasteiger partial charge in [-0.15, -0.1) is 0 Å². The normalized spacial score (nSPS) is 21.4. The van der Waals surface area contributed by atoms with Gasteiger partial charge in [0.15, 0.2) is 0 Å². The van der Waals surface area contributed by atoms with Crippen LogP contribution in [0.2, 0.25) is 5.02 Å². The van der Waals surface area contributed by atoms with Crippen LogP contribution in [0.25, 0.3) is 0 Å². The van der Waals surface area contributed by atoms with Crippen molar-refractivity contribution < 1.29 is 10.2 Å². The zero-order valence-corrected chi connectivity index (χ0v) is 15.3. The van der Waals surface area contributed by atoms with E-state index in [1.54, 1.807) is 6.07 Å². The molecule has 1 aliphatic heterocycles. The number of phenols is 1. The van der Waals surface area contributed by atoms with E-state index in [9.17, 15) is 10.2 Å².